The van der Waals surface area contributed by atoms with E-state index in [9.17, 15) is 0 Å². The van der Waals surface area contributed by atoms with Crippen LogP contribution >= 0.6 is 0 Å². The normalized spacial score (nSPS) is 12.2. The van der Waals surface area contributed by atoms with E-state index < -0.39 is 0 Å². The Hall–Kier alpha value is -2.56. The summed E-state index contributed by atoms with van der Waals surface area (Å²) in [6, 6.07) is 8.64. The maximum atomic E-state index is 6.28. The first-order valence-corrected chi connectivity index (χ1v) is 12.1. The number of fused-ring (bicyclic) bond motifs is 1. The number of unbranched alkanes of at least 4 members (excludes halogenated alkanes) is 5. The maximum absolute atomic E-state index is 6.28. The molecular weight excluding hydrogens is 396 g/mol. The standard InChI is InChI=1S/C25H38N2O.C2H6N2/c1-6-8-10-11-12-18-27-19-17-24-23(15-13-16-25(24)27)21(4)26-28-22(5)20(3)14-9-7-2;1-2(3)4/h13,15-17,19-20H,5-12,14,18H2,1-4H3;1H3,(H3,3,4)/b26-21+;/t20-;/m0./s1. The third-order valence-corrected chi connectivity index (χ3v) is 5.55. The molecule has 0 aliphatic heterocycles. The quantitative estimate of drug-likeness (QED) is 0.110. The van der Waals surface area contributed by atoms with Crippen LogP contribution in [0.3, 0.4) is 0 Å². The summed E-state index contributed by atoms with van der Waals surface area (Å²) >= 11 is 0. The van der Waals surface area contributed by atoms with Crippen LogP contribution in [-0.4, -0.2) is 16.1 Å². The zero-order chi connectivity index (χ0) is 23.9. The van der Waals surface area contributed by atoms with E-state index in [0.717, 1.165) is 30.0 Å². The number of oxime groups is 1. The van der Waals surface area contributed by atoms with E-state index in [1.54, 1.807) is 0 Å². The van der Waals surface area contributed by atoms with Crippen LogP contribution in [0.15, 0.2) is 48.0 Å². The monoisotopic (exact) mass is 440 g/mol. The lowest BCUT2D eigenvalue weighted by molar-refractivity contribution is 0.190. The van der Waals surface area contributed by atoms with E-state index in [4.69, 9.17) is 16.0 Å². The third-order valence-electron chi connectivity index (χ3n) is 5.55. The molecule has 5 nitrogen and oxygen atoms in total. The molecule has 178 valence electrons. The van der Waals surface area contributed by atoms with Crippen molar-refractivity contribution in [2.24, 2.45) is 16.8 Å². The van der Waals surface area contributed by atoms with Crippen molar-refractivity contribution in [1.82, 2.24) is 4.57 Å². The topological polar surface area (TPSA) is 76.4 Å². The van der Waals surface area contributed by atoms with Crippen LogP contribution in [0.2, 0.25) is 0 Å². The second-order valence-corrected chi connectivity index (χ2v) is 8.62. The summed E-state index contributed by atoms with van der Waals surface area (Å²) in [5.74, 6) is 1.26. The van der Waals surface area contributed by atoms with Gasteiger partial charge in [0.2, 0.25) is 0 Å². The average Bonchev–Trinajstić information content (AvgIpc) is 3.18. The summed E-state index contributed by atoms with van der Waals surface area (Å²) in [4.78, 5) is 5.66. The Bertz CT molecular complexity index is 862. The third kappa shape index (κ3) is 9.71. The molecule has 0 radical (unpaired) electrons. The van der Waals surface area contributed by atoms with Gasteiger partial charge < -0.3 is 15.1 Å². The lowest BCUT2D eigenvalue weighted by atomic mass is 10.0. The number of nitrogens with zero attached hydrogens (tertiary/aromatic N) is 2. The molecule has 1 heterocycles. The zero-order valence-corrected chi connectivity index (χ0v) is 20.9. The summed E-state index contributed by atoms with van der Waals surface area (Å²) in [6.45, 7) is 15.3. The van der Waals surface area contributed by atoms with Crippen molar-refractivity contribution < 1.29 is 4.84 Å². The van der Waals surface area contributed by atoms with E-state index in [1.165, 1.54) is 62.8 Å². The molecule has 32 heavy (non-hydrogen) atoms. The highest BCUT2D eigenvalue weighted by Crippen LogP contribution is 2.23. The molecule has 0 aliphatic rings. The summed E-state index contributed by atoms with van der Waals surface area (Å²) in [5, 5.41) is 11.9. The van der Waals surface area contributed by atoms with Crippen molar-refractivity contribution in [3.05, 3.63) is 48.4 Å². The van der Waals surface area contributed by atoms with Crippen molar-refractivity contribution in [2.45, 2.75) is 92.5 Å². The maximum Gasteiger partial charge on any atom is 0.130 e. The van der Waals surface area contributed by atoms with Crippen molar-refractivity contribution >= 4 is 22.5 Å². The van der Waals surface area contributed by atoms with Gasteiger partial charge in [0.15, 0.2) is 0 Å². The first-order valence-electron chi connectivity index (χ1n) is 12.1. The summed E-state index contributed by atoms with van der Waals surface area (Å²) < 4.78 is 2.37. The summed E-state index contributed by atoms with van der Waals surface area (Å²) in [6.07, 6.45) is 12.2. The number of aromatic nitrogens is 1. The predicted molar refractivity (Wildman–Crippen MR) is 139 cm³/mol. The number of nitrogens with two attached hydrogens (primary N) is 1. The SMILES string of the molecule is C=C(O/N=C(\C)c1cccc2c1ccn2CCCCCCC)[C@@H](C)CCCC.CC(=N)N. The number of hydrogen-bond acceptors (Lipinski definition) is 3. The van der Waals surface area contributed by atoms with Crippen molar-refractivity contribution in [2.75, 3.05) is 0 Å². The van der Waals surface area contributed by atoms with E-state index in [0.29, 0.717) is 5.92 Å². The molecule has 0 saturated carbocycles. The smallest absolute Gasteiger partial charge is 0.130 e. The van der Waals surface area contributed by atoms with Crippen LogP contribution in [0.4, 0.5) is 0 Å². The Morgan fingerprint density at radius 2 is 1.75 bits per heavy atom. The van der Waals surface area contributed by atoms with Gasteiger partial charge in [-0.05, 0) is 38.8 Å². The highest BCUT2D eigenvalue weighted by Gasteiger charge is 2.11. The fourth-order valence-electron chi connectivity index (χ4n) is 3.56. The largest absolute Gasteiger partial charge is 0.388 e. The molecule has 0 saturated heterocycles. The van der Waals surface area contributed by atoms with Gasteiger partial charge in [-0.1, -0.05) is 83.2 Å². The minimum atomic E-state index is 0.167. The van der Waals surface area contributed by atoms with Gasteiger partial charge in [0.25, 0.3) is 0 Å². The van der Waals surface area contributed by atoms with Gasteiger partial charge >= 0.3 is 0 Å². The van der Waals surface area contributed by atoms with E-state index in [-0.39, 0.29) is 5.84 Å². The van der Waals surface area contributed by atoms with Gasteiger partial charge in [0.05, 0.1) is 11.5 Å². The second-order valence-electron chi connectivity index (χ2n) is 8.62. The molecule has 2 rings (SSSR count). The molecule has 0 aliphatic carbocycles. The van der Waals surface area contributed by atoms with Crippen LogP contribution in [0.25, 0.3) is 10.9 Å². The van der Waals surface area contributed by atoms with Gasteiger partial charge in [0, 0.05) is 35.1 Å². The second kappa shape index (κ2) is 15.3. The first kappa shape index (κ1) is 27.5. The fraction of sp³-hybridized carbons (Fsp3) is 0.556. The number of allylic oxidation sites excluding steroid dienone is 1. The average molecular weight is 441 g/mol. The molecule has 1 aromatic heterocycles. The molecule has 1 aromatic carbocycles. The van der Waals surface area contributed by atoms with Gasteiger partial charge in [-0.3, -0.25) is 5.41 Å². The van der Waals surface area contributed by atoms with Gasteiger partial charge in [-0.15, -0.1) is 0 Å². The van der Waals surface area contributed by atoms with Crippen LogP contribution in [0.5, 0.6) is 0 Å². The molecule has 0 amide bonds. The van der Waals surface area contributed by atoms with Gasteiger partial charge in [-0.2, -0.15) is 0 Å². The molecule has 3 N–H and O–H groups in total. The van der Waals surface area contributed by atoms with Crippen LogP contribution < -0.4 is 5.73 Å². The Kier molecular flexibility index (Phi) is 13.1. The molecule has 0 spiro atoms. The molecule has 2 aromatic rings. The molecule has 5 heteroatoms. The van der Waals surface area contributed by atoms with Crippen LogP contribution in [0, 0.1) is 11.3 Å². The minimum Gasteiger partial charge on any atom is -0.388 e. The van der Waals surface area contributed by atoms with E-state index >= 15 is 0 Å². The lowest BCUT2D eigenvalue weighted by Crippen LogP contribution is -2.03. The van der Waals surface area contributed by atoms with Crippen molar-refractivity contribution in [1.29, 1.82) is 5.41 Å². The molecule has 0 fully saturated rings. The fourth-order valence-corrected chi connectivity index (χ4v) is 3.56. The lowest BCUT2D eigenvalue weighted by Gasteiger charge is -2.12. The molecule has 0 bridgehead atoms. The van der Waals surface area contributed by atoms with Crippen LogP contribution in [-0.2, 0) is 11.4 Å². The van der Waals surface area contributed by atoms with Gasteiger partial charge in [-0.25, -0.2) is 0 Å². The number of benzene rings is 1. The minimum absolute atomic E-state index is 0.167. The number of rotatable bonds is 13. The molecule has 0 unspecified atom stereocenters. The zero-order valence-electron chi connectivity index (χ0n) is 20.9. The van der Waals surface area contributed by atoms with E-state index in [2.05, 4.69) is 67.5 Å². The summed E-state index contributed by atoms with van der Waals surface area (Å²) in [7, 11) is 0. The number of aryl methyl sites for hydroxylation is 1. The van der Waals surface area contributed by atoms with Crippen LogP contribution in [0.1, 0.15) is 91.5 Å². The van der Waals surface area contributed by atoms with Crippen molar-refractivity contribution in [3.63, 3.8) is 0 Å². The Balaban J connectivity index is 0.00000118. The Labute approximate surface area is 195 Å². The van der Waals surface area contributed by atoms with Crippen molar-refractivity contribution in [3.8, 4) is 0 Å². The molecule has 1 atom stereocenters. The number of amidine groups is 1. The highest BCUT2D eigenvalue weighted by molar-refractivity contribution is 6.09. The Morgan fingerprint density at radius 1 is 1.09 bits per heavy atom. The molecular formula is C27H44N4O. The summed E-state index contributed by atoms with van der Waals surface area (Å²) in [5.41, 5.74) is 8.00. The van der Waals surface area contributed by atoms with E-state index in [1.807, 2.05) is 6.92 Å². The first-order chi connectivity index (χ1) is 15.3. The highest BCUT2D eigenvalue weighted by atomic mass is 16.6. The number of nitrogens with one attached hydrogen (secondary N) is 1. The van der Waals surface area contributed by atoms with Gasteiger partial charge in [0.1, 0.15) is 5.76 Å². The predicted octanol–water partition coefficient (Wildman–Crippen LogP) is 7.63. The Morgan fingerprint density at radius 3 is 2.41 bits per heavy atom. The number of hydrogen-bond donors (Lipinski definition) is 2.